The first-order chi connectivity index (χ1) is 9.95. The van der Waals surface area contributed by atoms with Crippen molar-refractivity contribution in [2.75, 3.05) is 5.32 Å². The second kappa shape index (κ2) is 6.65. The van der Waals surface area contributed by atoms with E-state index in [1.165, 1.54) is 12.1 Å². The van der Waals surface area contributed by atoms with Gasteiger partial charge in [0.15, 0.2) is 0 Å². The van der Waals surface area contributed by atoms with E-state index in [1.54, 1.807) is 30.3 Å². The van der Waals surface area contributed by atoms with Crippen LogP contribution < -0.4 is 11.1 Å². The summed E-state index contributed by atoms with van der Waals surface area (Å²) < 4.78 is 13.1. The molecular formula is C15H12ClFN2OS. The van der Waals surface area contributed by atoms with Gasteiger partial charge in [0, 0.05) is 10.6 Å². The van der Waals surface area contributed by atoms with Crippen LogP contribution in [0.15, 0.2) is 42.5 Å². The molecule has 0 atom stereocenters. The molecule has 2 aromatic rings. The lowest BCUT2D eigenvalue weighted by Crippen LogP contribution is -2.19. The van der Waals surface area contributed by atoms with Crippen LogP contribution in [-0.4, -0.2) is 10.9 Å². The highest BCUT2D eigenvalue weighted by atomic mass is 35.5. The number of anilines is 1. The Morgan fingerprint density at radius 1 is 1.29 bits per heavy atom. The third-order valence-electron chi connectivity index (χ3n) is 2.77. The Kier molecular flexibility index (Phi) is 4.88. The fourth-order valence-electron chi connectivity index (χ4n) is 1.86. The lowest BCUT2D eigenvalue weighted by molar-refractivity contribution is -0.115. The van der Waals surface area contributed by atoms with Gasteiger partial charge in [0.05, 0.1) is 12.1 Å². The molecule has 0 aliphatic heterocycles. The van der Waals surface area contributed by atoms with Gasteiger partial charge >= 0.3 is 0 Å². The average Bonchev–Trinajstić information content (AvgIpc) is 2.38. The van der Waals surface area contributed by atoms with Crippen LogP contribution in [0.25, 0.3) is 0 Å². The molecule has 3 N–H and O–H groups in total. The fourth-order valence-corrected chi connectivity index (χ4v) is 2.21. The van der Waals surface area contributed by atoms with E-state index in [1.807, 2.05) is 0 Å². The van der Waals surface area contributed by atoms with Gasteiger partial charge in [-0.05, 0) is 35.9 Å². The van der Waals surface area contributed by atoms with E-state index < -0.39 is 0 Å². The van der Waals surface area contributed by atoms with Crippen molar-refractivity contribution in [1.82, 2.24) is 0 Å². The quantitative estimate of drug-likeness (QED) is 0.849. The van der Waals surface area contributed by atoms with Gasteiger partial charge in [0.25, 0.3) is 0 Å². The van der Waals surface area contributed by atoms with E-state index >= 15 is 0 Å². The van der Waals surface area contributed by atoms with Crippen molar-refractivity contribution in [1.29, 1.82) is 0 Å². The van der Waals surface area contributed by atoms with Gasteiger partial charge < -0.3 is 11.1 Å². The van der Waals surface area contributed by atoms with Crippen LogP contribution in [-0.2, 0) is 11.2 Å². The summed E-state index contributed by atoms with van der Waals surface area (Å²) in [5.41, 5.74) is 7.15. The predicted molar refractivity (Wildman–Crippen MR) is 86.1 cm³/mol. The average molecular weight is 323 g/mol. The molecule has 0 saturated heterocycles. The lowest BCUT2D eigenvalue weighted by Gasteiger charge is -2.10. The summed E-state index contributed by atoms with van der Waals surface area (Å²) in [7, 11) is 0. The van der Waals surface area contributed by atoms with Crippen molar-refractivity contribution in [3.8, 4) is 0 Å². The largest absolute Gasteiger partial charge is 0.389 e. The number of hydrogen-bond acceptors (Lipinski definition) is 2. The van der Waals surface area contributed by atoms with Gasteiger partial charge in [0.2, 0.25) is 5.91 Å². The number of nitrogens with two attached hydrogens (primary N) is 1. The van der Waals surface area contributed by atoms with Crippen LogP contribution in [0.3, 0.4) is 0 Å². The molecule has 0 radical (unpaired) electrons. The Balaban J connectivity index is 2.16. The first-order valence-corrected chi connectivity index (χ1v) is 6.88. The Bertz CT molecular complexity index is 706. The minimum absolute atomic E-state index is 0.0427. The zero-order valence-electron chi connectivity index (χ0n) is 10.9. The summed E-state index contributed by atoms with van der Waals surface area (Å²) in [4.78, 5) is 12.2. The summed E-state index contributed by atoms with van der Waals surface area (Å²) in [6.07, 6.45) is 0.0427. The third-order valence-corrected chi connectivity index (χ3v) is 3.23. The number of thiocarbonyl (C=S) groups is 1. The Hall–Kier alpha value is -1.98. The van der Waals surface area contributed by atoms with Gasteiger partial charge in [-0.15, -0.1) is 0 Å². The van der Waals surface area contributed by atoms with Gasteiger partial charge in [0.1, 0.15) is 10.8 Å². The van der Waals surface area contributed by atoms with Gasteiger partial charge in [-0.1, -0.05) is 36.0 Å². The van der Waals surface area contributed by atoms with Crippen LogP contribution in [0.4, 0.5) is 10.1 Å². The maximum absolute atomic E-state index is 13.1. The van der Waals surface area contributed by atoms with E-state index in [4.69, 9.17) is 29.6 Å². The summed E-state index contributed by atoms with van der Waals surface area (Å²) in [5, 5.41) is 3.14. The highest BCUT2D eigenvalue weighted by Crippen LogP contribution is 2.21. The SMILES string of the molecule is NC(=S)c1ccc(Cl)cc1NC(=O)Cc1cccc(F)c1. The van der Waals surface area contributed by atoms with E-state index in [2.05, 4.69) is 5.32 Å². The van der Waals surface area contributed by atoms with Gasteiger partial charge in [-0.2, -0.15) is 0 Å². The number of halogens is 2. The van der Waals surface area contributed by atoms with Crippen LogP contribution >= 0.6 is 23.8 Å². The molecule has 1 amide bonds. The molecule has 2 rings (SSSR count). The van der Waals surface area contributed by atoms with Crippen molar-refractivity contribution < 1.29 is 9.18 Å². The Labute approximate surface area is 131 Å². The second-order valence-electron chi connectivity index (χ2n) is 4.41. The van der Waals surface area contributed by atoms with Crippen molar-refractivity contribution in [2.45, 2.75) is 6.42 Å². The van der Waals surface area contributed by atoms with E-state index in [0.717, 1.165) is 0 Å². The number of benzene rings is 2. The summed E-state index contributed by atoms with van der Waals surface area (Å²) in [6, 6.07) is 10.7. The monoisotopic (exact) mass is 322 g/mol. The molecular weight excluding hydrogens is 311 g/mol. The van der Waals surface area contributed by atoms with Crippen LogP contribution in [0.5, 0.6) is 0 Å². The molecule has 3 nitrogen and oxygen atoms in total. The molecule has 21 heavy (non-hydrogen) atoms. The molecule has 0 saturated carbocycles. The van der Waals surface area contributed by atoms with E-state index in [0.29, 0.717) is 21.8 Å². The van der Waals surface area contributed by atoms with Crippen LogP contribution in [0.2, 0.25) is 5.02 Å². The molecule has 2 aromatic carbocycles. The summed E-state index contributed by atoms with van der Waals surface area (Å²) >= 11 is 10.8. The van der Waals surface area contributed by atoms with Crippen LogP contribution in [0, 0.1) is 5.82 Å². The van der Waals surface area contributed by atoms with Crippen molar-refractivity contribution >= 4 is 40.4 Å². The number of hydrogen-bond donors (Lipinski definition) is 2. The van der Waals surface area contributed by atoms with Gasteiger partial charge in [-0.3, -0.25) is 4.79 Å². The molecule has 0 fully saturated rings. The first-order valence-electron chi connectivity index (χ1n) is 6.09. The highest BCUT2D eigenvalue weighted by molar-refractivity contribution is 7.80. The molecule has 0 heterocycles. The standard InChI is InChI=1S/C15H12ClFN2OS/c16-10-4-5-12(15(18)21)13(8-10)19-14(20)7-9-2-1-3-11(17)6-9/h1-6,8H,7H2,(H2,18,21)(H,19,20). The first kappa shape index (κ1) is 15.4. The normalized spacial score (nSPS) is 10.2. The minimum atomic E-state index is -0.383. The second-order valence-corrected chi connectivity index (χ2v) is 5.29. The number of amides is 1. The minimum Gasteiger partial charge on any atom is -0.389 e. The number of carbonyl (C=O) groups is 1. The van der Waals surface area contributed by atoms with Crippen molar-refractivity contribution in [3.05, 3.63) is 64.4 Å². The number of rotatable bonds is 4. The topological polar surface area (TPSA) is 55.1 Å². The molecule has 0 spiro atoms. The predicted octanol–water partition coefficient (Wildman–Crippen LogP) is 3.29. The van der Waals surface area contributed by atoms with Crippen molar-refractivity contribution in [3.63, 3.8) is 0 Å². The summed E-state index contributed by atoms with van der Waals surface area (Å²) in [6.45, 7) is 0. The number of nitrogens with one attached hydrogen (secondary N) is 1. The Morgan fingerprint density at radius 3 is 2.71 bits per heavy atom. The zero-order valence-corrected chi connectivity index (χ0v) is 12.5. The zero-order chi connectivity index (χ0) is 15.4. The fraction of sp³-hybridized carbons (Fsp3) is 0.0667. The van der Waals surface area contributed by atoms with E-state index in [-0.39, 0.29) is 23.1 Å². The molecule has 108 valence electrons. The molecule has 0 unspecified atom stereocenters. The maximum atomic E-state index is 13.1. The Morgan fingerprint density at radius 2 is 2.05 bits per heavy atom. The highest BCUT2D eigenvalue weighted by Gasteiger charge is 2.10. The molecule has 0 aliphatic carbocycles. The van der Waals surface area contributed by atoms with E-state index in [9.17, 15) is 9.18 Å². The molecule has 0 aromatic heterocycles. The molecule has 0 aliphatic rings. The van der Waals surface area contributed by atoms with Crippen LogP contribution in [0.1, 0.15) is 11.1 Å². The van der Waals surface area contributed by atoms with Crippen molar-refractivity contribution in [2.24, 2.45) is 5.73 Å². The maximum Gasteiger partial charge on any atom is 0.228 e. The molecule has 6 heteroatoms. The smallest absolute Gasteiger partial charge is 0.228 e. The lowest BCUT2D eigenvalue weighted by atomic mass is 10.1. The van der Waals surface area contributed by atoms with Gasteiger partial charge in [-0.25, -0.2) is 4.39 Å². The third kappa shape index (κ3) is 4.24. The summed E-state index contributed by atoms with van der Waals surface area (Å²) in [5.74, 6) is -0.688. The number of carbonyl (C=O) groups excluding carboxylic acids is 1. The molecule has 0 bridgehead atoms.